The molecular formula is C22H27N7O2. The Labute approximate surface area is 182 Å². The van der Waals surface area contributed by atoms with Crippen molar-refractivity contribution < 1.29 is 9.59 Å². The van der Waals surface area contributed by atoms with E-state index in [1.807, 2.05) is 31.1 Å². The molecule has 0 saturated heterocycles. The highest BCUT2D eigenvalue weighted by Gasteiger charge is 2.22. The predicted octanol–water partition coefficient (Wildman–Crippen LogP) is 2.04. The Bertz CT molecular complexity index is 969. The minimum Gasteiger partial charge on any atom is -0.381 e. The van der Waals surface area contributed by atoms with Crippen molar-refractivity contribution >= 4 is 29.9 Å². The van der Waals surface area contributed by atoms with Crippen molar-refractivity contribution in [1.82, 2.24) is 19.8 Å². The van der Waals surface area contributed by atoms with Gasteiger partial charge in [0.25, 0.3) is 0 Å². The van der Waals surface area contributed by atoms with Crippen molar-refractivity contribution in [3.05, 3.63) is 41.2 Å². The van der Waals surface area contributed by atoms with Gasteiger partial charge in [-0.3, -0.25) is 9.69 Å². The molecule has 0 radical (unpaired) electrons. The van der Waals surface area contributed by atoms with Crippen molar-refractivity contribution in [3.63, 3.8) is 0 Å². The maximum atomic E-state index is 11.6. The summed E-state index contributed by atoms with van der Waals surface area (Å²) in [5.74, 6) is 1.06. The minimum absolute atomic E-state index is 0.364. The van der Waals surface area contributed by atoms with E-state index in [4.69, 9.17) is 0 Å². The van der Waals surface area contributed by atoms with E-state index in [1.165, 1.54) is 6.20 Å². The normalized spacial score (nSPS) is 13.1. The second-order valence-corrected chi connectivity index (χ2v) is 7.80. The van der Waals surface area contributed by atoms with Crippen LogP contribution in [-0.2, 0) is 11.3 Å². The van der Waals surface area contributed by atoms with Gasteiger partial charge in [0.1, 0.15) is 29.7 Å². The second kappa shape index (κ2) is 10.6. The van der Waals surface area contributed by atoms with Crippen LogP contribution in [0.4, 0.5) is 17.3 Å². The van der Waals surface area contributed by atoms with Crippen LogP contribution in [-0.4, -0.2) is 72.1 Å². The molecule has 0 aliphatic heterocycles. The molecule has 2 aromatic heterocycles. The molecule has 0 aromatic carbocycles. The molecule has 31 heavy (non-hydrogen) atoms. The van der Waals surface area contributed by atoms with Gasteiger partial charge in [0.2, 0.25) is 0 Å². The lowest BCUT2D eigenvalue weighted by Crippen LogP contribution is -2.31. The van der Waals surface area contributed by atoms with Crippen LogP contribution >= 0.6 is 0 Å². The number of aromatic nitrogens is 2. The maximum Gasteiger partial charge on any atom is 0.168 e. The van der Waals surface area contributed by atoms with E-state index >= 15 is 0 Å². The number of carbonyl (C=O) groups is 2. The molecule has 2 heterocycles. The number of likely N-dealkylation sites (N-methyl/N-ethyl adjacent to an activating group) is 2. The molecule has 162 valence electrons. The number of pyridine rings is 2. The Kier molecular flexibility index (Phi) is 7.65. The number of nitrogens with zero attached hydrogens (tertiary/aromatic N) is 5. The lowest BCUT2D eigenvalue weighted by atomic mass is 10.2. The highest BCUT2D eigenvalue weighted by Crippen LogP contribution is 2.28. The van der Waals surface area contributed by atoms with Gasteiger partial charge < -0.3 is 20.3 Å². The van der Waals surface area contributed by atoms with Crippen molar-refractivity contribution in [3.8, 4) is 6.07 Å². The maximum absolute atomic E-state index is 11.6. The van der Waals surface area contributed by atoms with Crippen LogP contribution in [0.3, 0.4) is 0 Å². The Morgan fingerprint density at radius 3 is 2.65 bits per heavy atom. The van der Waals surface area contributed by atoms with Gasteiger partial charge in [0.05, 0.1) is 17.8 Å². The summed E-state index contributed by atoms with van der Waals surface area (Å²) in [5.41, 5.74) is 2.43. The number of nitriles is 1. The van der Waals surface area contributed by atoms with Gasteiger partial charge in [0, 0.05) is 37.9 Å². The summed E-state index contributed by atoms with van der Waals surface area (Å²) in [6.07, 6.45) is 5.36. The second-order valence-electron chi connectivity index (χ2n) is 7.80. The van der Waals surface area contributed by atoms with E-state index in [0.717, 1.165) is 49.8 Å². The number of anilines is 3. The van der Waals surface area contributed by atoms with Crippen LogP contribution in [0.25, 0.3) is 0 Å². The van der Waals surface area contributed by atoms with Gasteiger partial charge in [-0.05, 0) is 38.6 Å². The summed E-state index contributed by atoms with van der Waals surface area (Å²) in [7, 11) is 3.86. The number of hydrogen-bond donors (Lipinski definition) is 2. The molecule has 9 heteroatoms. The number of carbonyl (C=O) groups excluding carboxylic acids is 2. The monoisotopic (exact) mass is 421 g/mol. The first-order valence-corrected chi connectivity index (χ1v) is 10.2. The summed E-state index contributed by atoms with van der Waals surface area (Å²) < 4.78 is 0. The van der Waals surface area contributed by atoms with Crippen molar-refractivity contribution in [2.45, 2.75) is 25.4 Å². The quantitative estimate of drug-likeness (QED) is 0.497. The van der Waals surface area contributed by atoms with Gasteiger partial charge in [0.15, 0.2) is 6.29 Å². The molecule has 3 rings (SSSR count). The molecule has 0 atom stereocenters. The lowest BCUT2D eigenvalue weighted by Gasteiger charge is -2.21. The number of nitrogens with one attached hydrogen (secondary N) is 2. The van der Waals surface area contributed by atoms with Gasteiger partial charge in [-0.25, -0.2) is 9.97 Å². The zero-order valence-corrected chi connectivity index (χ0v) is 17.8. The number of hydrogen-bond acceptors (Lipinski definition) is 9. The molecule has 1 saturated carbocycles. The third-order valence-electron chi connectivity index (χ3n) is 5.03. The van der Waals surface area contributed by atoms with Crippen LogP contribution in [0, 0.1) is 11.3 Å². The largest absolute Gasteiger partial charge is 0.381 e. The summed E-state index contributed by atoms with van der Waals surface area (Å²) in [6.45, 7) is 2.48. The summed E-state index contributed by atoms with van der Waals surface area (Å²) in [6, 6.07) is 8.03. The highest BCUT2D eigenvalue weighted by atomic mass is 16.1. The van der Waals surface area contributed by atoms with E-state index in [9.17, 15) is 14.9 Å². The van der Waals surface area contributed by atoms with Crippen LogP contribution in [0.2, 0.25) is 0 Å². The average molecular weight is 422 g/mol. The third kappa shape index (κ3) is 6.57. The van der Waals surface area contributed by atoms with E-state index < -0.39 is 0 Å². The minimum atomic E-state index is 0.364. The van der Waals surface area contributed by atoms with E-state index in [-0.39, 0.29) is 0 Å². The molecule has 0 unspecified atom stereocenters. The molecule has 0 bridgehead atoms. The Hall–Kier alpha value is -3.35. The first kappa shape index (κ1) is 22.3. The Morgan fingerprint density at radius 1 is 1.19 bits per heavy atom. The average Bonchev–Trinajstić information content (AvgIpc) is 3.58. The number of rotatable bonds is 12. The third-order valence-corrected chi connectivity index (χ3v) is 5.03. The summed E-state index contributed by atoms with van der Waals surface area (Å²) >= 11 is 0. The molecular weight excluding hydrogens is 394 g/mol. The van der Waals surface area contributed by atoms with Crippen molar-refractivity contribution in [1.29, 1.82) is 5.26 Å². The van der Waals surface area contributed by atoms with Crippen molar-refractivity contribution in [2.24, 2.45) is 0 Å². The predicted molar refractivity (Wildman–Crippen MR) is 118 cm³/mol. The van der Waals surface area contributed by atoms with E-state index in [0.29, 0.717) is 42.0 Å². The fraction of sp³-hybridized carbons (Fsp3) is 0.409. The molecule has 2 N–H and O–H groups in total. The van der Waals surface area contributed by atoms with Gasteiger partial charge >= 0.3 is 0 Å². The van der Waals surface area contributed by atoms with Crippen LogP contribution in [0.5, 0.6) is 0 Å². The van der Waals surface area contributed by atoms with Gasteiger partial charge in [-0.15, -0.1) is 0 Å². The molecule has 0 spiro atoms. The first-order chi connectivity index (χ1) is 15.0. The Balaban J connectivity index is 1.66. The van der Waals surface area contributed by atoms with Gasteiger partial charge in [-0.2, -0.15) is 5.26 Å². The van der Waals surface area contributed by atoms with Crippen LogP contribution in [0.1, 0.15) is 34.5 Å². The molecule has 9 nitrogen and oxygen atoms in total. The highest BCUT2D eigenvalue weighted by molar-refractivity contribution is 5.76. The van der Waals surface area contributed by atoms with Crippen molar-refractivity contribution in [2.75, 3.05) is 44.4 Å². The fourth-order valence-electron chi connectivity index (χ4n) is 3.05. The SMILES string of the molecule is CN(CC=O)CCN(C)Cc1ccc(Nc2cc(NC3CC3)c(C#N)cn2)nc1C=O. The van der Waals surface area contributed by atoms with E-state index in [2.05, 4.69) is 31.6 Å². The standard InChI is InChI=1S/C22H27N7O2/c1-28(9-10-30)7-8-29(2)14-16-3-6-21(26-20(16)15-31)27-22-11-19(25-18-4-5-18)17(12-23)13-24-22/h3,6,10-11,13,15,18H,4-5,7-9,14H2,1-2H3,(H2,24,25,26,27). The first-order valence-electron chi connectivity index (χ1n) is 10.2. The molecule has 0 amide bonds. The smallest absolute Gasteiger partial charge is 0.168 e. The fourth-order valence-corrected chi connectivity index (χ4v) is 3.05. The summed E-state index contributed by atoms with van der Waals surface area (Å²) in [5, 5.41) is 15.7. The van der Waals surface area contributed by atoms with E-state index in [1.54, 1.807) is 6.07 Å². The molecule has 2 aromatic rings. The molecule has 1 aliphatic carbocycles. The van der Waals surface area contributed by atoms with Crippen LogP contribution in [0.15, 0.2) is 24.4 Å². The summed E-state index contributed by atoms with van der Waals surface area (Å²) in [4.78, 5) is 34.9. The lowest BCUT2D eigenvalue weighted by molar-refractivity contribution is -0.108. The topological polar surface area (TPSA) is 114 Å². The molecule has 1 aliphatic rings. The van der Waals surface area contributed by atoms with Crippen LogP contribution < -0.4 is 10.6 Å². The Morgan fingerprint density at radius 2 is 1.97 bits per heavy atom. The number of aldehydes is 2. The zero-order chi connectivity index (χ0) is 22.2. The van der Waals surface area contributed by atoms with Gasteiger partial charge in [-0.1, -0.05) is 6.07 Å². The molecule has 1 fully saturated rings. The zero-order valence-electron chi connectivity index (χ0n) is 17.8.